The SMILES string of the molecule is CC(=O)C(C#N)(Cc1nc(C)cs1)c1ccccc1. The van der Waals surface area contributed by atoms with Crippen molar-refractivity contribution in [2.75, 3.05) is 0 Å². The predicted octanol–water partition coefficient (Wildman–Crippen LogP) is 3.04. The fourth-order valence-corrected chi connectivity index (χ4v) is 2.90. The van der Waals surface area contributed by atoms with Crippen LogP contribution in [0.1, 0.15) is 23.2 Å². The lowest BCUT2D eigenvalue weighted by molar-refractivity contribution is -0.120. The summed E-state index contributed by atoms with van der Waals surface area (Å²) in [5.41, 5.74) is 0.521. The first-order chi connectivity index (χ1) is 9.08. The van der Waals surface area contributed by atoms with Gasteiger partial charge in [0.25, 0.3) is 0 Å². The van der Waals surface area contributed by atoms with E-state index in [0.29, 0.717) is 6.42 Å². The molecule has 19 heavy (non-hydrogen) atoms. The Morgan fingerprint density at radius 1 is 1.42 bits per heavy atom. The molecule has 0 amide bonds. The molecule has 0 fully saturated rings. The van der Waals surface area contributed by atoms with Crippen molar-refractivity contribution in [2.24, 2.45) is 0 Å². The quantitative estimate of drug-likeness (QED) is 0.858. The van der Waals surface area contributed by atoms with Crippen LogP contribution >= 0.6 is 11.3 Å². The highest BCUT2D eigenvalue weighted by molar-refractivity contribution is 7.09. The summed E-state index contributed by atoms with van der Waals surface area (Å²) in [5.74, 6) is -0.144. The van der Waals surface area contributed by atoms with Crippen LogP contribution in [0.3, 0.4) is 0 Å². The summed E-state index contributed by atoms with van der Waals surface area (Å²) < 4.78 is 0. The van der Waals surface area contributed by atoms with E-state index in [1.807, 2.05) is 42.6 Å². The second-order valence-corrected chi connectivity index (χ2v) is 5.44. The van der Waals surface area contributed by atoms with Crippen molar-refractivity contribution in [3.63, 3.8) is 0 Å². The second kappa shape index (κ2) is 5.33. The maximum absolute atomic E-state index is 12.1. The van der Waals surface area contributed by atoms with Gasteiger partial charge in [0.05, 0.1) is 11.1 Å². The predicted molar refractivity (Wildman–Crippen MR) is 75.0 cm³/mol. The number of carbonyl (C=O) groups excluding carboxylic acids is 1. The molecule has 1 aromatic heterocycles. The minimum atomic E-state index is -1.13. The van der Waals surface area contributed by atoms with Gasteiger partial charge in [-0.25, -0.2) is 4.98 Å². The van der Waals surface area contributed by atoms with E-state index < -0.39 is 5.41 Å². The molecule has 4 heteroatoms. The number of aryl methyl sites for hydroxylation is 1. The summed E-state index contributed by atoms with van der Waals surface area (Å²) in [6, 6.07) is 11.4. The van der Waals surface area contributed by atoms with Gasteiger partial charge in [-0.3, -0.25) is 4.79 Å². The summed E-state index contributed by atoms with van der Waals surface area (Å²) in [6.07, 6.45) is 0.335. The van der Waals surface area contributed by atoms with Crippen LogP contribution in [0.15, 0.2) is 35.7 Å². The molecule has 2 aromatic rings. The van der Waals surface area contributed by atoms with Crippen LogP contribution in [0.2, 0.25) is 0 Å². The van der Waals surface area contributed by atoms with E-state index >= 15 is 0 Å². The van der Waals surface area contributed by atoms with E-state index in [1.165, 1.54) is 18.3 Å². The van der Waals surface area contributed by atoms with E-state index in [4.69, 9.17) is 0 Å². The molecule has 1 heterocycles. The number of hydrogen-bond donors (Lipinski definition) is 0. The van der Waals surface area contributed by atoms with E-state index in [2.05, 4.69) is 11.1 Å². The lowest BCUT2D eigenvalue weighted by atomic mass is 9.76. The van der Waals surface area contributed by atoms with Gasteiger partial charge in [-0.05, 0) is 19.4 Å². The highest BCUT2D eigenvalue weighted by Crippen LogP contribution is 2.30. The minimum absolute atomic E-state index is 0.144. The number of nitriles is 1. The fourth-order valence-electron chi connectivity index (χ4n) is 2.05. The molecule has 1 aromatic carbocycles. The molecule has 0 aliphatic heterocycles. The zero-order chi connectivity index (χ0) is 13.9. The van der Waals surface area contributed by atoms with Gasteiger partial charge in [-0.15, -0.1) is 11.3 Å². The molecule has 2 rings (SSSR count). The molecule has 0 aliphatic carbocycles. The molecular weight excluding hydrogens is 256 g/mol. The number of benzene rings is 1. The van der Waals surface area contributed by atoms with Crippen LogP contribution < -0.4 is 0 Å². The van der Waals surface area contributed by atoms with Crippen LogP contribution in [0, 0.1) is 18.3 Å². The minimum Gasteiger partial charge on any atom is -0.298 e. The molecule has 0 saturated heterocycles. The first-order valence-electron chi connectivity index (χ1n) is 5.97. The number of carbonyl (C=O) groups is 1. The Bertz CT molecular complexity index is 627. The van der Waals surface area contributed by atoms with Crippen molar-refractivity contribution in [3.05, 3.63) is 52.0 Å². The van der Waals surface area contributed by atoms with Crippen molar-refractivity contribution in [2.45, 2.75) is 25.7 Å². The largest absolute Gasteiger partial charge is 0.298 e. The molecule has 0 N–H and O–H groups in total. The average Bonchev–Trinajstić information content (AvgIpc) is 2.82. The van der Waals surface area contributed by atoms with E-state index in [-0.39, 0.29) is 5.78 Å². The first-order valence-corrected chi connectivity index (χ1v) is 6.85. The highest BCUT2D eigenvalue weighted by atomic mass is 32.1. The molecule has 1 atom stereocenters. The first kappa shape index (κ1) is 13.4. The van der Waals surface area contributed by atoms with Crippen LogP contribution in [0.5, 0.6) is 0 Å². The number of aromatic nitrogens is 1. The molecule has 0 radical (unpaired) electrons. The highest BCUT2D eigenvalue weighted by Gasteiger charge is 2.38. The normalized spacial score (nSPS) is 13.5. The zero-order valence-corrected chi connectivity index (χ0v) is 11.7. The van der Waals surface area contributed by atoms with Crippen molar-refractivity contribution in [3.8, 4) is 6.07 Å². The van der Waals surface area contributed by atoms with E-state index in [0.717, 1.165) is 16.3 Å². The Labute approximate surface area is 116 Å². The molecular formula is C15H14N2OS. The van der Waals surface area contributed by atoms with Gasteiger partial charge in [0.2, 0.25) is 0 Å². The number of Topliss-reactive ketones (excluding diaryl/α,β-unsaturated/α-hetero) is 1. The second-order valence-electron chi connectivity index (χ2n) is 4.50. The summed E-state index contributed by atoms with van der Waals surface area (Å²) in [4.78, 5) is 16.4. The average molecular weight is 270 g/mol. The third-order valence-corrected chi connectivity index (χ3v) is 4.11. The van der Waals surface area contributed by atoms with E-state index in [9.17, 15) is 10.1 Å². The molecule has 0 aliphatic rings. The van der Waals surface area contributed by atoms with Crippen LogP contribution in [0.25, 0.3) is 0 Å². The molecule has 0 saturated carbocycles. The van der Waals surface area contributed by atoms with Gasteiger partial charge in [0.1, 0.15) is 5.41 Å². The number of ketones is 1. The van der Waals surface area contributed by atoms with Crippen molar-refractivity contribution < 1.29 is 4.79 Å². The third kappa shape index (κ3) is 2.56. The summed E-state index contributed by atoms with van der Waals surface area (Å²) >= 11 is 1.49. The molecule has 3 nitrogen and oxygen atoms in total. The van der Waals surface area contributed by atoms with Crippen molar-refractivity contribution in [1.82, 2.24) is 4.98 Å². The Balaban J connectivity index is 2.47. The molecule has 96 valence electrons. The number of nitrogens with zero attached hydrogens (tertiary/aromatic N) is 2. The van der Waals surface area contributed by atoms with Crippen molar-refractivity contribution >= 4 is 17.1 Å². The molecule has 0 bridgehead atoms. The monoisotopic (exact) mass is 270 g/mol. The van der Waals surface area contributed by atoms with Crippen molar-refractivity contribution in [1.29, 1.82) is 5.26 Å². The van der Waals surface area contributed by atoms with Gasteiger partial charge in [0, 0.05) is 17.5 Å². The summed E-state index contributed by atoms with van der Waals surface area (Å²) in [7, 11) is 0. The van der Waals surface area contributed by atoms with Gasteiger partial charge < -0.3 is 0 Å². The number of rotatable bonds is 4. The molecule has 0 spiro atoms. The smallest absolute Gasteiger partial charge is 0.154 e. The van der Waals surface area contributed by atoms with Crippen LogP contribution in [-0.4, -0.2) is 10.8 Å². The van der Waals surface area contributed by atoms with E-state index in [1.54, 1.807) is 0 Å². The lowest BCUT2D eigenvalue weighted by Gasteiger charge is -2.23. The lowest BCUT2D eigenvalue weighted by Crippen LogP contribution is -2.35. The third-order valence-electron chi connectivity index (χ3n) is 3.14. The Kier molecular flexibility index (Phi) is 3.77. The standard InChI is InChI=1S/C15H14N2OS/c1-11-9-19-14(17-11)8-15(10-16,12(2)18)13-6-4-3-5-7-13/h3-7,9H,8H2,1-2H3. The molecule has 1 unspecified atom stereocenters. The Morgan fingerprint density at radius 2 is 2.11 bits per heavy atom. The number of thiazole rings is 1. The van der Waals surface area contributed by atoms with Gasteiger partial charge in [-0.1, -0.05) is 30.3 Å². The van der Waals surface area contributed by atoms with Crippen LogP contribution in [-0.2, 0) is 16.6 Å². The number of hydrogen-bond acceptors (Lipinski definition) is 4. The van der Waals surface area contributed by atoms with Crippen LogP contribution in [0.4, 0.5) is 0 Å². The Morgan fingerprint density at radius 3 is 2.58 bits per heavy atom. The summed E-state index contributed by atoms with van der Waals surface area (Å²) in [6.45, 7) is 3.38. The Hall–Kier alpha value is -1.99. The van der Waals surface area contributed by atoms with Gasteiger partial charge in [-0.2, -0.15) is 5.26 Å². The van der Waals surface area contributed by atoms with Gasteiger partial charge >= 0.3 is 0 Å². The maximum atomic E-state index is 12.1. The topological polar surface area (TPSA) is 53.8 Å². The summed E-state index contributed by atoms with van der Waals surface area (Å²) in [5, 5.41) is 12.3. The zero-order valence-electron chi connectivity index (χ0n) is 10.9. The maximum Gasteiger partial charge on any atom is 0.154 e. The fraction of sp³-hybridized carbons (Fsp3) is 0.267. The van der Waals surface area contributed by atoms with Gasteiger partial charge in [0.15, 0.2) is 5.78 Å².